The van der Waals surface area contributed by atoms with E-state index in [1.807, 2.05) is 17.0 Å². The first-order chi connectivity index (χ1) is 13.6. The summed E-state index contributed by atoms with van der Waals surface area (Å²) in [5.74, 6) is 0.361. The van der Waals surface area contributed by atoms with E-state index in [0.717, 1.165) is 25.7 Å². The van der Waals surface area contributed by atoms with Crippen LogP contribution in [0.2, 0.25) is 0 Å². The van der Waals surface area contributed by atoms with Gasteiger partial charge in [0.05, 0.1) is 0 Å². The summed E-state index contributed by atoms with van der Waals surface area (Å²) in [5, 5.41) is 2.97. The molecule has 4 rings (SSSR count). The van der Waals surface area contributed by atoms with Crippen LogP contribution in [0.3, 0.4) is 0 Å². The fourth-order valence-corrected chi connectivity index (χ4v) is 4.83. The number of carbonyl (C=O) groups is 2. The molecule has 2 amide bonds. The van der Waals surface area contributed by atoms with Gasteiger partial charge in [-0.1, -0.05) is 67.4 Å². The molecule has 1 heterocycles. The zero-order chi connectivity index (χ0) is 19.5. The van der Waals surface area contributed by atoms with E-state index in [-0.39, 0.29) is 23.7 Å². The zero-order valence-corrected chi connectivity index (χ0v) is 16.4. The van der Waals surface area contributed by atoms with Gasteiger partial charge in [-0.05, 0) is 35.4 Å². The third kappa shape index (κ3) is 3.82. The van der Waals surface area contributed by atoms with Crippen LogP contribution in [0, 0.1) is 5.92 Å². The summed E-state index contributed by atoms with van der Waals surface area (Å²) in [6.45, 7) is 2.78. The van der Waals surface area contributed by atoms with Gasteiger partial charge in [-0.3, -0.25) is 9.59 Å². The summed E-state index contributed by atoms with van der Waals surface area (Å²) >= 11 is 0. The maximum Gasteiger partial charge on any atom is 0.245 e. The fourth-order valence-electron chi connectivity index (χ4n) is 4.83. The second-order valence-corrected chi connectivity index (χ2v) is 8.10. The normalized spacial score (nSPS) is 20.5. The second kappa shape index (κ2) is 8.17. The molecule has 0 saturated heterocycles. The van der Waals surface area contributed by atoms with Crippen molar-refractivity contribution in [2.24, 2.45) is 5.92 Å². The van der Waals surface area contributed by atoms with Crippen LogP contribution in [-0.4, -0.2) is 29.3 Å². The van der Waals surface area contributed by atoms with E-state index in [2.05, 4.69) is 47.8 Å². The largest absolute Gasteiger partial charge is 0.344 e. The van der Waals surface area contributed by atoms with Gasteiger partial charge in [0.25, 0.3) is 0 Å². The number of nitrogens with zero attached hydrogens (tertiary/aromatic N) is 1. The van der Waals surface area contributed by atoms with Crippen LogP contribution >= 0.6 is 0 Å². The summed E-state index contributed by atoms with van der Waals surface area (Å²) in [6, 6.07) is 18.4. The lowest BCUT2D eigenvalue weighted by Crippen LogP contribution is -2.53. The summed E-state index contributed by atoms with van der Waals surface area (Å²) in [5.41, 5.74) is 3.73. The Hall–Kier alpha value is -2.62. The predicted octanol–water partition coefficient (Wildman–Crippen LogP) is 3.86. The number of rotatable bonds is 4. The van der Waals surface area contributed by atoms with Crippen molar-refractivity contribution in [3.63, 3.8) is 0 Å². The smallest absolute Gasteiger partial charge is 0.245 e. The molecule has 1 N–H and O–H groups in total. The number of carbonyl (C=O) groups excluding carboxylic acids is 2. The monoisotopic (exact) mass is 376 g/mol. The Morgan fingerprint density at radius 2 is 1.68 bits per heavy atom. The highest BCUT2D eigenvalue weighted by Crippen LogP contribution is 2.35. The molecule has 0 unspecified atom stereocenters. The number of hydrogen-bond acceptors (Lipinski definition) is 2. The van der Waals surface area contributed by atoms with Crippen LogP contribution in [0.1, 0.15) is 55.2 Å². The summed E-state index contributed by atoms with van der Waals surface area (Å²) in [4.78, 5) is 27.3. The number of benzene rings is 2. The van der Waals surface area contributed by atoms with Gasteiger partial charge in [0.2, 0.25) is 11.8 Å². The molecular weight excluding hydrogens is 348 g/mol. The van der Waals surface area contributed by atoms with Gasteiger partial charge >= 0.3 is 0 Å². The Morgan fingerprint density at radius 1 is 1.00 bits per heavy atom. The Kier molecular flexibility index (Phi) is 5.47. The first-order valence-electron chi connectivity index (χ1n) is 10.3. The van der Waals surface area contributed by atoms with Crippen LogP contribution < -0.4 is 5.32 Å². The molecule has 28 heavy (non-hydrogen) atoms. The van der Waals surface area contributed by atoms with Crippen molar-refractivity contribution in [2.45, 2.75) is 51.1 Å². The molecular formula is C24H28N2O2. The SMILES string of the molecule is CC(=O)N[C@H](C(=O)N1Cc2ccccc2[C@H](c2ccccc2)C1)C1CCCC1. The van der Waals surface area contributed by atoms with Crippen molar-refractivity contribution >= 4 is 11.8 Å². The summed E-state index contributed by atoms with van der Waals surface area (Å²) in [6.07, 6.45) is 4.32. The Labute approximate surface area is 166 Å². The van der Waals surface area contributed by atoms with Crippen molar-refractivity contribution < 1.29 is 9.59 Å². The van der Waals surface area contributed by atoms with Crippen LogP contribution in [0.15, 0.2) is 54.6 Å². The van der Waals surface area contributed by atoms with Crippen molar-refractivity contribution in [3.8, 4) is 0 Å². The van der Waals surface area contributed by atoms with Gasteiger partial charge in [0.1, 0.15) is 6.04 Å². The molecule has 2 aromatic carbocycles. The zero-order valence-electron chi connectivity index (χ0n) is 16.4. The predicted molar refractivity (Wildman–Crippen MR) is 110 cm³/mol. The summed E-state index contributed by atoms with van der Waals surface area (Å²) in [7, 11) is 0. The van der Waals surface area contributed by atoms with E-state index in [1.165, 1.54) is 23.6 Å². The standard InChI is InChI=1S/C24H28N2O2/c1-17(27)25-23(19-11-5-6-12-19)24(28)26-15-20-13-7-8-14-21(20)22(16-26)18-9-3-2-4-10-18/h2-4,7-10,13-14,19,22-23H,5-6,11-12,15-16H2,1H3,(H,25,27)/t22-,23-/m0/s1. The Balaban J connectivity index is 1.64. The Morgan fingerprint density at radius 3 is 2.39 bits per heavy atom. The number of hydrogen-bond donors (Lipinski definition) is 1. The van der Waals surface area contributed by atoms with E-state index >= 15 is 0 Å². The highest BCUT2D eigenvalue weighted by atomic mass is 16.2. The topological polar surface area (TPSA) is 49.4 Å². The lowest BCUT2D eigenvalue weighted by molar-refractivity contribution is -0.138. The van der Waals surface area contributed by atoms with Gasteiger partial charge in [0, 0.05) is 25.9 Å². The second-order valence-electron chi connectivity index (χ2n) is 8.10. The van der Waals surface area contributed by atoms with Gasteiger partial charge in [0.15, 0.2) is 0 Å². The van der Waals surface area contributed by atoms with Crippen molar-refractivity contribution in [1.29, 1.82) is 0 Å². The van der Waals surface area contributed by atoms with E-state index in [0.29, 0.717) is 13.1 Å². The number of amides is 2. The van der Waals surface area contributed by atoms with E-state index in [1.54, 1.807) is 0 Å². The van der Waals surface area contributed by atoms with Gasteiger partial charge in [-0.15, -0.1) is 0 Å². The van der Waals surface area contributed by atoms with Crippen molar-refractivity contribution in [3.05, 3.63) is 71.3 Å². The molecule has 0 radical (unpaired) electrons. The summed E-state index contributed by atoms with van der Waals surface area (Å²) < 4.78 is 0. The number of fused-ring (bicyclic) bond motifs is 1. The van der Waals surface area contributed by atoms with Gasteiger partial charge in [-0.25, -0.2) is 0 Å². The minimum absolute atomic E-state index is 0.0672. The molecule has 0 aromatic heterocycles. The third-order valence-electron chi connectivity index (χ3n) is 6.20. The molecule has 0 bridgehead atoms. The van der Waals surface area contributed by atoms with Crippen LogP contribution in [0.5, 0.6) is 0 Å². The molecule has 1 aliphatic heterocycles. The van der Waals surface area contributed by atoms with E-state index in [9.17, 15) is 9.59 Å². The lowest BCUT2D eigenvalue weighted by atomic mass is 9.84. The van der Waals surface area contributed by atoms with E-state index in [4.69, 9.17) is 0 Å². The molecule has 4 heteroatoms. The molecule has 2 aromatic rings. The molecule has 0 spiro atoms. The molecule has 2 atom stereocenters. The van der Waals surface area contributed by atoms with Crippen LogP contribution in [0.4, 0.5) is 0 Å². The van der Waals surface area contributed by atoms with Crippen LogP contribution in [-0.2, 0) is 16.1 Å². The molecule has 1 aliphatic carbocycles. The number of nitrogens with one attached hydrogen (secondary N) is 1. The maximum atomic E-state index is 13.5. The van der Waals surface area contributed by atoms with E-state index < -0.39 is 6.04 Å². The quantitative estimate of drug-likeness (QED) is 0.881. The molecule has 146 valence electrons. The van der Waals surface area contributed by atoms with Crippen molar-refractivity contribution in [1.82, 2.24) is 10.2 Å². The average molecular weight is 377 g/mol. The van der Waals surface area contributed by atoms with Gasteiger partial charge in [-0.2, -0.15) is 0 Å². The lowest BCUT2D eigenvalue weighted by Gasteiger charge is -2.38. The fraction of sp³-hybridized carbons (Fsp3) is 0.417. The minimum atomic E-state index is -0.401. The average Bonchev–Trinajstić information content (AvgIpc) is 3.26. The molecule has 1 saturated carbocycles. The first kappa shape index (κ1) is 18.7. The minimum Gasteiger partial charge on any atom is -0.344 e. The highest BCUT2D eigenvalue weighted by Gasteiger charge is 2.37. The van der Waals surface area contributed by atoms with Gasteiger partial charge < -0.3 is 10.2 Å². The van der Waals surface area contributed by atoms with Crippen molar-refractivity contribution in [2.75, 3.05) is 6.54 Å². The highest BCUT2D eigenvalue weighted by molar-refractivity contribution is 5.87. The molecule has 4 nitrogen and oxygen atoms in total. The third-order valence-corrected chi connectivity index (χ3v) is 6.20. The molecule has 1 fully saturated rings. The maximum absolute atomic E-state index is 13.5. The Bertz CT molecular complexity index is 843. The first-order valence-corrected chi connectivity index (χ1v) is 10.3. The van der Waals surface area contributed by atoms with Crippen LogP contribution in [0.25, 0.3) is 0 Å². The molecule has 2 aliphatic rings.